The first-order valence-corrected chi connectivity index (χ1v) is 14.8. The first-order valence-electron chi connectivity index (χ1n) is 14.8. The van der Waals surface area contributed by atoms with E-state index in [4.69, 9.17) is 9.47 Å². The van der Waals surface area contributed by atoms with Crippen LogP contribution < -0.4 is 10.1 Å². The number of hydrogen-bond donors (Lipinski definition) is 1. The van der Waals surface area contributed by atoms with Crippen LogP contribution in [0.2, 0.25) is 0 Å². The van der Waals surface area contributed by atoms with Gasteiger partial charge in [0.2, 0.25) is 0 Å². The molecule has 41 heavy (non-hydrogen) atoms. The average Bonchev–Trinajstić information content (AvgIpc) is 3.01. The number of Topliss-reactive ketones (excluding diaryl/α,β-unsaturated/α-hetero) is 1. The number of rotatable bonds is 7. The van der Waals surface area contributed by atoms with Gasteiger partial charge in [0.05, 0.1) is 5.57 Å². The predicted octanol–water partition coefficient (Wildman–Crippen LogP) is 7.50. The highest BCUT2D eigenvalue weighted by Gasteiger charge is 2.42. The van der Waals surface area contributed by atoms with Gasteiger partial charge in [-0.25, -0.2) is 4.79 Å². The molecule has 210 valence electrons. The molecular weight excluding hydrogens is 510 g/mol. The van der Waals surface area contributed by atoms with Crippen LogP contribution in [0, 0.1) is 0 Å². The molecule has 3 aromatic rings. The molecule has 1 N–H and O–H groups in total. The van der Waals surface area contributed by atoms with E-state index < -0.39 is 5.92 Å². The van der Waals surface area contributed by atoms with Crippen LogP contribution in [-0.2, 0) is 20.9 Å². The number of esters is 1. The van der Waals surface area contributed by atoms with E-state index in [1.807, 2.05) is 79.7 Å². The highest BCUT2D eigenvalue weighted by molar-refractivity contribution is 6.04. The van der Waals surface area contributed by atoms with Crippen molar-refractivity contribution in [3.8, 4) is 5.75 Å². The molecule has 0 bridgehead atoms. The van der Waals surface area contributed by atoms with Crippen molar-refractivity contribution in [1.29, 1.82) is 0 Å². The van der Waals surface area contributed by atoms with Gasteiger partial charge < -0.3 is 14.8 Å². The topological polar surface area (TPSA) is 64.6 Å². The molecule has 0 radical (unpaired) electrons. The molecule has 0 aromatic heterocycles. The molecule has 0 spiro atoms. The minimum Gasteiger partial charge on any atom is -0.489 e. The van der Waals surface area contributed by atoms with Crippen LogP contribution in [-0.4, -0.2) is 17.9 Å². The molecule has 1 heterocycles. The first kappa shape index (κ1) is 27.1. The van der Waals surface area contributed by atoms with Crippen LogP contribution in [0.15, 0.2) is 107 Å². The number of dihydropyridines is 1. The zero-order chi connectivity index (χ0) is 28.2. The molecule has 1 saturated carbocycles. The summed E-state index contributed by atoms with van der Waals surface area (Å²) in [5, 5.41) is 3.48. The Morgan fingerprint density at radius 3 is 2.22 bits per heavy atom. The lowest BCUT2D eigenvalue weighted by atomic mass is 9.71. The molecule has 6 rings (SSSR count). The molecular formula is C36H37NO4. The van der Waals surface area contributed by atoms with Gasteiger partial charge in [-0.2, -0.15) is 0 Å². The Hall–Kier alpha value is -4.12. The van der Waals surface area contributed by atoms with Crippen molar-refractivity contribution < 1.29 is 19.1 Å². The third kappa shape index (κ3) is 6.00. The number of carbonyl (C=O) groups excluding carboxylic acids is 2. The fourth-order valence-corrected chi connectivity index (χ4v) is 6.50. The van der Waals surface area contributed by atoms with Gasteiger partial charge in [0, 0.05) is 29.3 Å². The average molecular weight is 548 g/mol. The van der Waals surface area contributed by atoms with Gasteiger partial charge in [-0.1, -0.05) is 79.2 Å². The molecule has 5 nitrogen and oxygen atoms in total. The maximum atomic E-state index is 13.9. The van der Waals surface area contributed by atoms with Crippen molar-refractivity contribution in [2.45, 2.75) is 76.4 Å². The molecule has 3 aromatic carbocycles. The van der Waals surface area contributed by atoms with Crippen molar-refractivity contribution in [2.24, 2.45) is 0 Å². The zero-order valence-electron chi connectivity index (χ0n) is 23.6. The van der Waals surface area contributed by atoms with Crippen LogP contribution in [0.25, 0.3) is 0 Å². The summed E-state index contributed by atoms with van der Waals surface area (Å²) in [6.45, 7) is 2.41. The van der Waals surface area contributed by atoms with Gasteiger partial charge in [0.25, 0.3) is 0 Å². The van der Waals surface area contributed by atoms with Gasteiger partial charge in [-0.15, -0.1) is 0 Å². The van der Waals surface area contributed by atoms with E-state index in [9.17, 15) is 9.59 Å². The van der Waals surface area contributed by atoms with Crippen molar-refractivity contribution in [1.82, 2.24) is 5.32 Å². The molecule has 3 aliphatic rings. The van der Waals surface area contributed by atoms with Crippen LogP contribution >= 0.6 is 0 Å². The van der Waals surface area contributed by atoms with E-state index in [-0.39, 0.29) is 23.8 Å². The summed E-state index contributed by atoms with van der Waals surface area (Å²) < 4.78 is 12.1. The second kappa shape index (κ2) is 12.2. The van der Waals surface area contributed by atoms with Crippen LogP contribution in [0.1, 0.15) is 80.4 Å². The molecule has 0 saturated heterocycles. The molecule has 2 unspecified atom stereocenters. The first-order chi connectivity index (χ1) is 20.1. The monoisotopic (exact) mass is 547 g/mol. The number of carbonyl (C=O) groups is 2. The molecule has 2 aliphatic carbocycles. The third-order valence-electron chi connectivity index (χ3n) is 8.61. The second-order valence-electron chi connectivity index (χ2n) is 11.4. The zero-order valence-corrected chi connectivity index (χ0v) is 23.6. The Labute approximate surface area is 242 Å². The Bertz CT molecular complexity index is 1450. The van der Waals surface area contributed by atoms with Crippen molar-refractivity contribution in [3.05, 3.63) is 124 Å². The Kier molecular flexibility index (Phi) is 8.04. The summed E-state index contributed by atoms with van der Waals surface area (Å²) >= 11 is 0. The number of ether oxygens (including phenoxy) is 2. The molecule has 1 fully saturated rings. The Balaban J connectivity index is 1.31. The summed E-state index contributed by atoms with van der Waals surface area (Å²) in [6.07, 6.45) is 6.22. The maximum absolute atomic E-state index is 13.9. The third-order valence-corrected chi connectivity index (χ3v) is 8.61. The summed E-state index contributed by atoms with van der Waals surface area (Å²) in [7, 11) is 0. The van der Waals surface area contributed by atoms with E-state index in [1.165, 1.54) is 6.42 Å². The minimum absolute atomic E-state index is 0.0640. The van der Waals surface area contributed by atoms with Crippen LogP contribution in [0.4, 0.5) is 0 Å². The lowest BCUT2D eigenvalue weighted by Crippen LogP contribution is -2.37. The standard InChI is InChI=1S/C36H37NO4/c1-24-33(36(39)41-30-15-9-4-10-16-30)34(27-17-19-29(20-18-27)40-23-25-11-5-2-6-12-25)35-31(37-24)21-28(22-32(35)38)26-13-7-3-8-14-26/h2-3,5-8,11-14,17-20,28,30,34,37H,4,9-10,15-16,21-23H2,1H3. The molecule has 1 aliphatic heterocycles. The lowest BCUT2D eigenvalue weighted by molar-refractivity contribution is -0.146. The number of ketones is 1. The van der Waals surface area contributed by atoms with Gasteiger partial charge >= 0.3 is 5.97 Å². The largest absolute Gasteiger partial charge is 0.489 e. The maximum Gasteiger partial charge on any atom is 0.337 e. The summed E-state index contributed by atoms with van der Waals surface area (Å²) in [4.78, 5) is 27.7. The van der Waals surface area contributed by atoms with E-state index in [2.05, 4.69) is 17.4 Å². The number of benzene rings is 3. The van der Waals surface area contributed by atoms with E-state index in [0.717, 1.165) is 65.9 Å². The number of nitrogens with one attached hydrogen (secondary N) is 1. The Morgan fingerprint density at radius 1 is 0.829 bits per heavy atom. The number of allylic oxidation sites excluding steroid dienone is 3. The normalized spacial score (nSPS) is 21.2. The van der Waals surface area contributed by atoms with Crippen LogP contribution in [0.5, 0.6) is 5.75 Å². The van der Waals surface area contributed by atoms with E-state index >= 15 is 0 Å². The lowest BCUT2D eigenvalue weighted by Gasteiger charge is -2.37. The fourth-order valence-electron chi connectivity index (χ4n) is 6.50. The summed E-state index contributed by atoms with van der Waals surface area (Å²) in [5.41, 5.74) is 6.06. The number of hydrogen-bond acceptors (Lipinski definition) is 5. The quantitative estimate of drug-likeness (QED) is 0.310. The Morgan fingerprint density at radius 2 is 1.51 bits per heavy atom. The predicted molar refractivity (Wildman–Crippen MR) is 159 cm³/mol. The van der Waals surface area contributed by atoms with Gasteiger partial charge in [0.1, 0.15) is 18.5 Å². The van der Waals surface area contributed by atoms with E-state index in [0.29, 0.717) is 24.2 Å². The molecule has 2 atom stereocenters. The smallest absolute Gasteiger partial charge is 0.337 e. The van der Waals surface area contributed by atoms with Gasteiger partial charge in [-0.05, 0) is 73.8 Å². The minimum atomic E-state index is -0.477. The van der Waals surface area contributed by atoms with Crippen molar-refractivity contribution in [2.75, 3.05) is 0 Å². The SMILES string of the molecule is CC1=C(C(=O)OC2CCCCC2)C(c2ccc(OCc3ccccc3)cc2)C2=C(CC(c3ccccc3)CC2=O)N1. The van der Waals surface area contributed by atoms with Gasteiger partial charge in [0.15, 0.2) is 5.78 Å². The highest BCUT2D eigenvalue weighted by atomic mass is 16.5. The van der Waals surface area contributed by atoms with Crippen molar-refractivity contribution >= 4 is 11.8 Å². The highest BCUT2D eigenvalue weighted by Crippen LogP contribution is 2.46. The van der Waals surface area contributed by atoms with E-state index in [1.54, 1.807) is 0 Å². The second-order valence-corrected chi connectivity index (χ2v) is 11.4. The summed E-state index contributed by atoms with van der Waals surface area (Å²) in [5.74, 6) is 0.132. The molecule has 0 amide bonds. The molecule has 5 heteroatoms. The van der Waals surface area contributed by atoms with Crippen LogP contribution in [0.3, 0.4) is 0 Å². The van der Waals surface area contributed by atoms with Crippen molar-refractivity contribution in [3.63, 3.8) is 0 Å². The van der Waals surface area contributed by atoms with Gasteiger partial charge in [-0.3, -0.25) is 4.79 Å². The fraction of sp³-hybridized carbons (Fsp3) is 0.333. The summed E-state index contributed by atoms with van der Waals surface area (Å²) in [6, 6.07) is 28.1.